The van der Waals surface area contributed by atoms with E-state index >= 15 is 0 Å². The molecule has 0 aromatic rings. The number of allylic oxidation sites excluding steroid dienone is 1. The lowest BCUT2D eigenvalue weighted by atomic mass is 10.2. The van der Waals surface area contributed by atoms with Gasteiger partial charge in [-0.05, 0) is 26.0 Å². The van der Waals surface area contributed by atoms with Gasteiger partial charge in [-0.15, -0.1) is 0 Å². The second-order valence-electron chi connectivity index (χ2n) is 4.89. The van der Waals surface area contributed by atoms with Crippen molar-refractivity contribution < 1.29 is 0 Å². The largest absolute Gasteiger partial charge is 0.391 e. The van der Waals surface area contributed by atoms with Crippen LogP contribution in [0.15, 0.2) is 23.5 Å². The maximum atomic E-state index is 3.99. The quantitative estimate of drug-likeness (QED) is 0.401. The Bertz CT molecular complexity index is 211. The van der Waals surface area contributed by atoms with Gasteiger partial charge in [0.2, 0.25) is 0 Å². The van der Waals surface area contributed by atoms with Gasteiger partial charge in [0.05, 0.1) is 8.07 Å². The van der Waals surface area contributed by atoms with Crippen molar-refractivity contribution in [2.24, 2.45) is 0 Å². The standard InChI is InChI=1S/C12H25NSi/c1-7-11(2)8-9-13-10-12(3)14(4,5)6/h10,13H,2,7-9H2,1,3-6H3/b12-10+. The average Bonchev–Trinajstić information content (AvgIpc) is 2.09. The van der Waals surface area contributed by atoms with Gasteiger partial charge in [0, 0.05) is 6.54 Å². The molecule has 0 aliphatic rings. The van der Waals surface area contributed by atoms with Crippen LogP contribution >= 0.6 is 0 Å². The van der Waals surface area contributed by atoms with Crippen molar-refractivity contribution >= 4 is 8.07 Å². The van der Waals surface area contributed by atoms with E-state index in [1.54, 1.807) is 0 Å². The fourth-order valence-corrected chi connectivity index (χ4v) is 1.40. The molecule has 0 atom stereocenters. The molecule has 0 spiro atoms. The lowest BCUT2D eigenvalue weighted by Gasteiger charge is -2.17. The minimum atomic E-state index is -1.07. The van der Waals surface area contributed by atoms with Gasteiger partial charge < -0.3 is 5.32 Å². The average molecular weight is 211 g/mol. The van der Waals surface area contributed by atoms with Crippen LogP contribution in [0.4, 0.5) is 0 Å². The first-order valence-electron chi connectivity index (χ1n) is 5.45. The Balaban J connectivity index is 3.78. The van der Waals surface area contributed by atoms with Crippen molar-refractivity contribution in [2.45, 2.75) is 46.3 Å². The lowest BCUT2D eigenvalue weighted by Crippen LogP contribution is -2.24. The SMILES string of the molecule is C=C(CC)CCN/C=C(\C)[Si](C)(C)C. The van der Waals surface area contributed by atoms with Crippen LogP contribution in [0.5, 0.6) is 0 Å². The summed E-state index contributed by atoms with van der Waals surface area (Å²) in [6.07, 6.45) is 4.37. The second kappa shape index (κ2) is 6.07. The molecule has 0 radical (unpaired) electrons. The molecule has 0 saturated carbocycles. The van der Waals surface area contributed by atoms with Crippen LogP contribution in [0.2, 0.25) is 19.6 Å². The van der Waals surface area contributed by atoms with E-state index in [0.29, 0.717) is 0 Å². The first kappa shape index (κ1) is 13.5. The highest BCUT2D eigenvalue weighted by molar-refractivity contribution is 6.82. The molecule has 14 heavy (non-hydrogen) atoms. The van der Waals surface area contributed by atoms with Crippen molar-refractivity contribution in [3.63, 3.8) is 0 Å². The van der Waals surface area contributed by atoms with Gasteiger partial charge in [-0.25, -0.2) is 0 Å². The molecule has 1 nitrogen and oxygen atoms in total. The fraction of sp³-hybridized carbons (Fsp3) is 0.667. The van der Waals surface area contributed by atoms with E-state index in [9.17, 15) is 0 Å². The van der Waals surface area contributed by atoms with Gasteiger partial charge in [-0.3, -0.25) is 0 Å². The van der Waals surface area contributed by atoms with E-state index in [1.165, 1.54) is 10.8 Å². The van der Waals surface area contributed by atoms with Crippen molar-refractivity contribution in [2.75, 3.05) is 6.54 Å². The van der Waals surface area contributed by atoms with E-state index in [2.05, 4.69) is 51.6 Å². The Morgan fingerprint density at radius 2 is 1.93 bits per heavy atom. The minimum Gasteiger partial charge on any atom is -0.391 e. The molecule has 0 aliphatic carbocycles. The third-order valence-corrected chi connectivity index (χ3v) is 5.13. The summed E-state index contributed by atoms with van der Waals surface area (Å²) in [5.41, 5.74) is 1.33. The first-order chi connectivity index (χ1) is 6.38. The third-order valence-electron chi connectivity index (χ3n) is 2.62. The highest BCUT2D eigenvalue weighted by Crippen LogP contribution is 2.12. The van der Waals surface area contributed by atoms with Crippen molar-refractivity contribution in [3.8, 4) is 0 Å². The maximum Gasteiger partial charge on any atom is 0.0739 e. The molecule has 82 valence electrons. The van der Waals surface area contributed by atoms with E-state index in [1.807, 2.05) is 0 Å². The Kier molecular flexibility index (Phi) is 5.85. The Hall–Kier alpha value is -0.503. The zero-order valence-electron chi connectivity index (χ0n) is 10.4. The number of nitrogens with one attached hydrogen (secondary N) is 1. The highest BCUT2D eigenvalue weighted by Gasteiger charge is 2.14. The Labute approximate surface area is 90.3 Å². The second-order valence-corrected chi connectivity index (χ2v) is 10.2. The summed E-state index contributed by atoms with van der Waals surface area (Å²) in [5.74, 6) is 0. The van der Waals surface area contributed by atoms with Crippen LogP contribution < -0.4 is 5.32 Å². The molecular formula is C12H25NSi. The predicted octanol–water partition coefficient (Wildman–Crippen LogP) is 3.71. The molecule has 0 heterocycles. The Morgan fingerprint density at radius 1 is 1.36 bits per heavy atom. The van der Waals surface area contributed by atoms with Crippen LogP contribution in [0.1, 0.15) is 26.7 Å². The first-order valence-corrected chi connectivity index (χ1v) is 8.95. The number of hydrogen-bond donors (Lipinski definition) is 1. The van der Waals surface area contributed by atoms with Crippen molar-refractivity contribution in [1.82, 2.24) is 5.32 Å². The van der Waals surface area contributed by atoms with Gasteiger partial charge in [0.25, 0.3) is 0 Å². The topological polar surface area (TPSA) is 12.0 Å². The molecule has 0 unspecified atom stereocenters. The summed E-state index contributed by atoms with van der Waals surface area (Å²) in [5, 5.41) is 4.90. The van der Waals surface area contributed by atoms with Crippen LogP contribution in [0, 0.1) is 0 Å². The molecule has 0 aliphatic heterocycles. The minimum absolute atomic E-state index is 1.02. The van der Waals surface area contributed by atoms with Gasteiger partial charge >= 0.3 is 0 Å². The molecule has 0 fully saturated rings. The lowest BCUT2D eigenvalue weighted by molar-refractivity contribution is 0.800. The van der Waals surface area contributed by atoms with Crippen LogP contribution in [0.3, 0.4) is 0 Å². The monoisotopic (exact) mass is 211 g/mol. The number of hydrogen-bond acceptors (Lipinski definition) is 1. The Morgan fingerprint density at radius 3 is 2.36 bits per heavy atom. The smallest absolute Gasteiger partial charge is 0.0739 e. The van der Waals surface area contributed by atoms with E-state index in [0.717, 1.165) is 19.4 Å². The van der Waals surface area contributed by atoms with Crippen LogP contribution in [-0.4, -0.2) is 14.6 Å². The molecular weight excluding hydrogens is 186 g/mol. The molecule has 0 saturated heterocycles. The molecule has 0 amide bonds. The molecule has 0 aromatic heterocycles. The normalized spacial score (nSPS) is 12.8. The van der Waals surface area contributed by atoms with Crippen LogP contribution in [0.25, 0.3) is 0 Å². The third kappa shape index (κ3) is 6.03. The maximum absolute atomic E-state index is 3.99. The van der Waals surface area contributed by atoms with Gasteiger partial charge in [0.15, 0.2) is 0 Å². The molecule has 0 rings (SSSR count). The summed E-state index contributed by atoms with van der Waals surface area (Å²) < 4.78 is 0. The fourth-order valence-electron chi connectivity index (χ4n) is 0.867. The summed E-state index contributed by atoms with van der Waals surface area (Å²) in [6, 6.07) is 0. The summed E-state index contributed by atoms with van der Waals surface area (Å²) in [7, 11) is -1.07. The van der Waals surface area contributed by atoms with E-state index in [4.69, 9.17) is 0 Å². The zero-order valence-corrected chi connectivity index (χ0v) is 11.4. The molecule has 2 heteroatoms. The summed E-state index contributed by atoms with van der Waals surface area (Å²) in [6.45, 7) is 16.5. The van der Waals surface area contributed by atoms with Crippen molar-refractivity contribution in [1.29, 1.82) is 0 Å². The highest BCUT2D eigenvalue weighted by atomic mass is 28.3. The van der Waals surface area contributed by atoms with Gasteiger partial charge in [-0.1, -0.05) is 43.9 Å². The molecule has 0 aromatic carbocycles. The molecule has 1 N–H and O–H groups in total. The zero-order chi connectivity index (χ0) is 11.2. The number of rotatable bonds is 6. The van der Waals surface area contributed by atoms with Crippen LogP contribution in [-0.2, 0) is 0 Å². The van der Waals surface area contributed by atoms with Gasteiger partial charge in [-0.2, -0.15) is 0 Å². The predicted molar refractivity (Wildman–Crippen MR) is 69.2 cm³/mol. The summed E-state index contributed by atoms with van der Waals surface area (Å²) in [4.78, 5) is 0. The van der Waals surface area contributed by atoms with E-state index in [-0.39, 0.29) is 0 Å². The van der Waals surface area contributed by atoms with Crippen molar-refractivity contribution in [3.05, 3.63) is 23.5 Å². The summed E-state index contributed by atoms with van der Waals surface area (Å²) >= 11 is 0. The molecule has 0 bridgehead atoms. The van der Waals surface area contributed by atoms with Gasteiger partial charge in [0.1, 0.15) is 0 Å². The van der Waals surface area contributed by atoms with E-state index < -0.39 is 8.07 Å².